The lowest BCUT2D eigenvalue weighted by atomic mass is 9.97. The fourth-order valence-corrected chi connectivity index (χ4v) is 4.57. The molecule has 6 heteroatoms. The second-order valence-corrected chi connectivity index (χ2v) is 7.46. The van der Waals surface area contributed by atoms with Crippen LogP contribution in [0.1, 0.15) is 15.9 Å². The number of amides is 1. The number of H-pyrrole nitrogens is 2. The molecule has 3 heterocycles. The Hall–Kier alpha value is -2.69. The summed E-state index contributed by atoms with van der Waals surface area (Å²) in [5.74, 6) is -0.0517. The lowest BCUT2D eigenvalue weighted by molar-refractivity contribution is 0.0967. The van der Waals surface area contributed by atoms with Crippen molar-refractivity contribution in [3.05, 3.63) is 57.6 Å². The van der Waals surface area contributed by atoms with Crippen molar-refractivity contribution in [2.75, 3.05) is 0 Å². The van der Waals surface area contributed by atoms with Gasteiger partial charge in [0.1, 0.15) is 0 Å². The predicted octanol–water partition coefficient (Wildman–Crippen LogP) is 5.51. The van der Waals surface area contributed by atoms with E-state index in [4.69, 9.17) is 23.2 Å². The maximum Gasteiger partial charge on any atom is 0.252 e. The summed E-state index contributed by atoms with van der Waals surface area (Å²) in [6.45, 7) is 0.524. The topological polar surface area (TPSA) is 60.7 Å². The Labute approximate surface area is 157 Å². The highest BCUT2D eigenvalue weighted by Gasteiger charge is 2.29. The van der Waals surface area contributed by atoms with Crippen LogP contribution in [0.3, 0.4) is 0 Å². The van der Waals surface area contributed by atoms with E-state index in [1.54, 1.807) is 0 Å². The summed E-state index contributed by atoms with van der Waals surface area (Å²) >= 11 is 12.5. The summed E-state index contributed by atoms with van der Waals surface area (Å²) in [7, 11) is 0. The van der Waals surface area contributed by atoms with E-state index in [9.17, 15) is 4.79 Å². The average molecular weight is 380 g/mol. The third-order valence-electron chi connectivity index (χ3n) is 5.30. The summed E-state index contributed by atoms with van der Waals surface area (Å²) in [6, 6.07) is 11.8. The molecule has 26 heavy (non-hydrogen) atoms. The molecule has 6 rings (SSSR count). The van der Waals surface area contributed by atoms with E-state index < -0.39 is 0 Å². The molecule has 2 aromatic heterocycles. The van der Waals surface area contributed by atoms with Crippen molar-refractivity contribution in [2.45, 2.75) is 6.54 Å². The van der Waals surface area contributed by atoms with Gasteiger partial charge in [0.15, 0.2) is 0 Å². The van der Waals surface area contributed by atoms with E-state index in [2.05, 4.69) is 21.4 Å². The largest absolute Gasteiger partial charge is 0.353 e. The first kappa shape index (κ1) is 14.5. The number of rotatable bonds is 0. The molecule has 1 aliphatic heterocycles. The lowest BCUT2D eigenvalue weighted by Gasteiger charge is -2.04. The Balaban J connectivity index is 1.97. The van der Waals surface area contributed by atoms with Gasteiger partial charge in [-0.2, -0.15) is 0 Å². The molecule has 0 saturated heterocycles. The SMILES string of the molecule is O=C1NCc2c1c1c3cc(Cl)c(Cl)cc3[nH]c1c1[nH]c3ccccc3c21. The monoisotopic (exact) mass is 379 g/mol. The normalized spacial score (nSPS) is 14.0. The van der Waals surface area contributed by atoms with Crippen LogP contribution in [0.25, 0.3) is 43.6 Å². The van der Waals surface area contributed by atoms with Gasteiger partial charge in [-0.05, 0) is 23.8 Å². The number of hydrogen-bond donors (Lipinski definition) is 3. The first-order chi connectivity index (χ1) is 12.6. The molecule has 0 aliphatic carbocycles. The second kappa shape index (κ2) is 4.72. The fraction of sp³-hybridized carbons (Fsp3) is 0.0500. The van der Waals surface area contributed by atoms with E-state index >= 15 is 0 Å². The summed E-state index contributed by atoms with van der Waals surface area (Å²) in [6.07, 6.45) is 0. The van der Waals surface area contributed by atoms with Crippen LogP contribution in [0.2, 0.25) is 10.0 Å². The number of benzene rings is 3. The van der Waals surface area contributed by atoms with Crippen molar-refractivity contribution in [1.82, 2.24) is 15.3 Å². The molecule has 1 amide bonds. The van der Waals surface area contributed by atoms with Crippen LogP contribution in [-0.4, -0.2) is 15.9 Å². The number of carbonyl (C=O) groups is 1. The second-order valence-electron chi connectivity index (χ2n) is 6.64. The molecule has 0 radical (unpaired) electrons. The van der Waals surface area contributed by atoms with Crippen molar-refractivity contribution in [1.29, 1.82) is 0 Å². The number of hydrogen-bond acceptors (Lipinski definition) is 1. The third-order valence-corrected chi connectivity index (χ3v) is 6.02. The van der Waals surface area contributed by atoms with Crippen LogP contribution < -0.4 is 5.32 Å². The predicted molar refractivity (Wildman–Crippen MR) is 106 cm³/mol. The number of halogens is 2. The molecule has 0 atom stereocenters. The molecule has 1 aliphatic rings. The molecule has 5 aromatic rings. The first-order valence-corrected chi connectivity index (χ1v) is 9.03. The minimum Gasteiger partial charge on any atom is -0.353 e. The number of nitrogens with one attached hydrogen (secondary N) is 3. The molecular formula is C20H11Cl2N3O. The minimum absolute atomic E-state index is 0.0517. The van der Waals surface area contributed by atoms with Gasteiger partial charge in [-0.1, -0.05) is 41.4 Å². The van der Waals surface area contributed by atoms with Gasteiger partial charge in [-0.15, -0.1) is 0 Å². The van der Waals surface area contributed by atoms with Crippen molar-refractivity contribution < 1.29 is 4.79 Å². The Morgan fingerprint density at radius 2 is 1.58 bits per heavy atom. The van der Waals surface area contributed by atoms with Crippen LogP contribution >= 0.6 is 23.2 Å². The molecule has 126 valence electrons. The van der Waals surface area contributed by atoms with Crippen molar-refractivity contribution in [3.63, 3.8) is 0 Å². The van der Waals surface area contributed by atoms with Gasteiger partial charge in [0.2, 0.25) is 0 Å². The van der Waals surface area contributed by atoms with Crippen LogP contribution in [-0.2, 0) is 6.54 Å². The van der Waals surface area contributed by atoms with E-state index in [1.807, 2.05) is 30.3 Å². The van der Waals surface area contributed by atoms with Gasteiger partial charge in [0, 0.05) is 39.1 Å². The van der Waals surface area contributed by atoms with Crippen LogP contribution in [0, 0.1) is 0 Å². The van der Waals surface area contributed by atoms with Crippen molar-refractivity contribution in [3.8, 4) is 0 Å². The van der Waals surface area contributed by atoms with E-state index in [0.29, 0.717) is 16.6 Å². The summed E-state index contributed by atoms with van der Waals surface area (Å²) < 4.78 is 0. The van der Waals surface area contributed by atoms with E-state index in [-0.39, 0.29) is 5.91 Å². The highest BCUT2D eigenvalue weighted by atomic mass is 35.5. The van der Waals surface area contributed by atoms with Gasteiger partial charge in [-0.3, -0.25) is 4.79 Å². The Bertz CT molecular complexity index is 1430. The number of aromatic nitrogens is 2. The highest BCUT2D eigenvalue weighted by Crippen LogP contribution is 2.43. The van der Waals surface area contributed by atoms with E-state index in [1.165, 1.54) is 0 Å². The smallest absolute Gasteiger partial charge is 0.252 e. The summed E-state index contributed by atoms with van der Waals surface area (Å²) in [4.78, 5) is 19.6. The number of carbonyl (C=O) groups excluding carboxylic acids is 1. The Kier molecular flexibility index (Phi) is 2.63. The maximum absolute atomic E-state index is 12.7. The molecular weight excluding hydrogens is 369 g/mol. The number of fused-ring (bicyclic) bond motifs is 10. The maximum atomic E-state index is 12.7. The van der Waals surface area contributed by atoms with Gasteiger partial charge < -0.3 is 15.3 Å². The van der Waals surface area contributed by atoms with E-state index in [0.717, 1.165) is 54.7 Å². The zero-order valence-corrected chi connectivity index (χ0v) is 14.8. The minimum atomic E-state index is -0.0517. The van der Waals surface area contributed by atoms with Crippen LogP contribution in [0.15, 0.2) is 36.4 Å². The van der Waals surface area contributed by atoms with Crippen LogP contribution in [0.4, 0.5) is 0 Å². The van der Waals surface area contributed by atoms with Crippen molar-refractivity contribution in [2.24, 2.45) is 0 Å². The molecule has 3 aromatic carbocycles. The standard InChI is InChI=1S/C20H11Cl2N3O/c21-11-5-9-14(6-12(11)22)25-19-16(9)17-10(7-23-20(17)26)15-8-3-1-2-4-13(8)24-18(15)19/h1-6,24-25H,7H2,(H,23,26). The molecule has 3 N–H and O–H groups in total. The molecule has 0 unspecified atom stereocenters. The molecule has 4 nitrogen and oxygen atoms in total. The molecule has 0 bridgehead atoms. The summed E-state index contributed by atoms with van der Waals surface area (Å²) in [5.41, 5.74) is 5.57. The molecule has 0 spiro atoms. The lowest BCUT2D eigenvalue weighted by Crippen LogP contribution is -2.12. The van der Waals surface area contributed by atoms with Crippen molar-refractivity contribution >= 4 is 72.7 Å². The molecule has 0 fully saturated rings. The van der Waals surface area contributed by atoms with Crippen LogP contribution in [0.5, 0.6) is 0 Å². The third kappa shape index (κ3) is 1.64. The zero-order valence-electron chi connectivity index (χ0n) is 13.3. The Morgan fingerprint density at radius 1 is 0.846 bits per heavy atom. The first-order valence-electron chi connectivity index (χ1n) is 8.27. The number of para-hydroxylation sites is 1. The zero-order chi connectivity index (χ0) is 17.6. The highest BCUT2D eigenvalue weighted by molar-refractivity contribution is 6.43. The van der Waals surface area contributed by atoms with Gasteiger partial charge in [0.05, 0.1) is 26.6 Å². The number of aromatic amines is 2. The quantitative estimate of drug-likeness (QED) is 0.326. The van der Waals surface area contributed by atoms with Gasteiger partial charge in [0.25, 0.3) is 5.91 Å². The summed E-state index contributed by atoms with van der Waals surface area (Å²) in [5, 5.41) is 7.94. The van der Waals surface area contributed by atoms with Gasteiger partial charge >= 0.3 is 0 Å². The molecule has 0 saturated carbocycles. The van der Waals surface area contributed by atoms with Gasteiger partial charge in [-0.25, -0.2) is 0 Å². The average Bonchev–Trinajstić information content (AvgIpc) is 3.29. The fourth-order valence-electron chi connectivity index (χ4n) is 4.24. The Morgan fingerprint density at radius 3 is 2.46 bits per heavy atom.